The van der Waals surface area contributed by atoms with Crippen LogP contribution in [-0.4, -0.2) is 25.8 Å². The van der Waals surface area contributed by atoms with E-state index in [0.29, 0.717) is 19.7 Å². The van der Waals surface area contributed by atoms with Gasteiger partial charge in [0.2, 0.25) is 0 Å². The van der Waals surface area contributed by atoms with Crippen LogP contribution >= 0.6 is 0 Å². The summed E-state index contributed by atoms with van der Waals surface area (Å²) in [6, 6.07) is 0. The van der Waals surface area contributed by atoms with E-state index < -0.39 is 0 Å². The summed E-state index contributed by atoms with van der Waals surface area (Å²) in [5.41, 5.74) is 0. The van der Waals surface area contributed by atoms with Gasteiger partial charge in [-0.05, 0) is 13.3 Å². The van der Waals surface area contributed by atoms with Crippen LogP contribution in [0.2, 0.25) is 0 Å². The molecular formula is C8H14O3. The zero-order chi connectivity index (χ0) is 8.53. The van der Waals surface area contributed by atoms with Gasteiger partial charge in [0.05, 0.1) is 12.7 Å². The lowest BCUT2D eigenvalue weighted by Crippen LogP contribution is -2.15. The Bertz CT molecular complexity index is 112. The van der Waals surface area contributed by atoms with Crippen LogP contribution in [0.4, 0.5) is 0 Å². The first kappa shape index (κ1) is 10.2. The fourth-order valence-corrected chi connectivity index (χ4v) is 0.575. The predicted molar refractivity (Wildman–Crippen MR) is 42.2 cm³/mol. The maximum atomic E-state index is 9.75. The summed E-state index contributed by atoms with van der Waals surface area (Å²) in [7, 11) is 0. The second kappa shape index (κ2) is 7.28. The third-order valence-electron chi connectivity index (χ3n) is 1.12. The van der Waals surface area contributed by atoms with Crippen molar-refractivity contribution in [3.05, 3.63) is 12.7 Å². The van der Waals surface area contributed by atoms with Gasteiger partial charge in [-0.3, -0.25) is 4.79 Å². The van der Waals surface area contributed by atoms with Gasteiger partial charge in [-0.15, -0.1) is 6.58 Å². The minimum atomic E-state index is -0.0276. The molecule has 1 unspecified atom stereocenters. The van der Waals surface area contributed by atoms with Crippen LogP contribution in [0.1, 0.15) is 13.3 Å². The summed E-state index contributed by atoms with van der Waals surface area (Å²) in [5.74, 6) is 0. The topological polar surface area (TPSA) is 35.5 Å². The second-order valence-electron chi connectivity index (χ2n) is 2.19. The second-order valence-corrected chi connectivity index (χ2v) is 2.19. The maximum absolute atomic E-state index is 9.75. The number of hydrogen-bond acceptors (Lipinski definition) is 3. The molecule has 64 valence electrons. The Morgan fingerprint density at radius 1 is 1.64 bits per heavy atom. The fourth-order valence-electron chi connectivity index (χ4n) is 0.575. The molecule has 0 aliphatic carbocycles. The maximum Gasteiger partial charge on any atom is 0.293 e. The van der Waals surface area contributed by atoms with Crippen LogP contribution < -0.4 is 0 Å². The summed E-state index contributed by atoms with van der Waals surface area (Å²) in [6.45, 7) is 6.78. The van der Waals surface area contributed by atoms with Gasteiger partial charge in [-0.1, -0.05) is 6.08 Å². The number of rotatable bonds is 7. The summed E-state index contributed by atoms with van der Waals surface area (Å²) < 4.78 is 9.72. The third kappa shape index (κ3) is 7.06. The molecule has 11 heavy (non-hydrogen) atoms. The van der Waals surface area contributed by atoms with Gasteiger partial charge < -0.3 is 9.47 Å². The van der Waals surface area contributed by atoms with Crippen LogP contribution in [0.15, 0.2) is 12.7 Å². The molecule has 0 aliphatic heterocycles. The quantitative estimate of drug-likeness (QED) is 0.316. The standard InChI is InChI=1S/C8H14O3/c1-3-4-5-11-8(2)6-10-7-9/h3,7-8H,1,4-6H2,2H3. The largest absolute Gasteiger partial charge is 0.465 e. The molecule has 0 fully saturated rings. The van der Waals surface area contributed by atoms with Gasteiger partial charge in [0, 0.05) is 0 Å². The van der Waals surface area contributed by atoms with Crippen LogP contribution in [0.25, 0.3) is 0 Å². The first-order chi connectivity index (χ1) is 5.31. The van der Waals surface area contributed by atoms with E-state index in [2.05, 4.69) is 11.3 Å². The molecule has 0 aromatic heterocycles. The molecule has 0 N–H and O–H groups in total. The summed E-state index contributed by atoms with van der Waals surface area (Å²) >= 11 is 0. The molecule has 3 nitrogen and oxygen atoms in total. The first-order valence-electron chi connectivity index (χ1n) is 3.59. The highest BCUT2D eigenvalue weighted by atomic mass is 16.6. The molecule has 3 heteroatoms. The molecule has 0 aromatic carbocycles. The smallest absolute Gasteiger partial charge is 0.293 e. The van der Waals surface area contributed by atoms with Crippen LogP contribution in [0.3, 0.4) is 0 Å². The molecule has 0 heterocycles. The average molecular weight is 158 g/mol. The van der Waals surface area contributed by atoms with Crippen molar-refractivity contribution in [1.82, 2.24) is 0 Å². The van der Waals surface area contributed by atoms with Crippen LogP contribution in [0, 0.1) is 0 Å². The van der Waals surface area contributed by atoms with E-state index in [1.54, 1.807) is 6.08 Å². The highest BCUT2D eigenvalue weighted by molar-refractivity contribution is 5.36. The van der Waals surface area contributed by atoms with Crippen molar-refractivity contribution >= 4 is 6.47 Å². The average Bonchev–Trinajstić information content (AvgIpc) is 2.01. The molecule has 0 bridgehead atoms. The molecule has 0 amide bonds. The van der Waals surface area contributed by atoms with E-state index in [0.717, 1.165) is 6.42 Å². The van der Waals surface area contributed by atoms with Crippen molar-refractivity contribution in [3.8, 4) is 0 Å². The Balaban J connectivity index is 3.14. The van der Waals surface area contributed by atoms with E-state index in [1.807, 2.05) is 6.92 Å². The van der Waals surface area contributed by atoms with Crippen molar-refractivity contribution in [2.24, 2.45) is 0 Å². The molecule has 0 saturated carbocycles. The van der Waals surface area contributed by atoms with E-state index in [9.17, 15) is 4.79 Å². The van der Waals surface area contributed by atoms with E-state index in [1.165, 1.54) is 0 Å². The Morgan fingerprint density at radius 3 is 2.91 bits per heavy atom. The highest BCUT2D eigenvalue weighted by Crippen LogP contribution is 1.92. The van der Waals surface area contributed by atoms with E-state index in [-0.39, 0.29) is 6.10 Å². The van der Waals surface area contributed by atoms with Crippen molar-refractivity contribution in [1.29, 1.82) is 0 Å². The third-order valence-corrected chi connectivity index (χ3v) is 1.12. The first-order valence-corrected chi connectivity index (χ1v) is 3.59. The number of carbonyl (C=O) groups excluding carboxylic acids is 1. The molecule has 0 aromatic rings. The molecule has 0 aliphatic rings. The van der Waals surface area contributed by atoms with Crippen molar-refractivity contribution in [2.75, 3.05) is 13.2 Å². The Morgan fingerprint density at radius 2 is 2.36 bits per heavy atom. The minimum absolute atomic E-state index is 0.0276. The van der Waals surface area contributed by atoms with Gasteiger partial charge in [0.25, 0.3) is 6.47 Å². The van der Waals surface area contributed by atoms with E-state index in [4.69, 9.17) is 4.74 Å². The van der Waals surface area contributed by atoms with Gasteiger partial charge in [-0.2, -0.15) is 0 Å². The van der Waals surface area contributed by atoms with Gasteiger partial charge in [-0.25, -0.2) is 0 Å². The highest BCUT2D eigenvalue weighted by Gasteiger charge is 1.99. The molecule has 0 spiro atoms. The summed E-state index contributed by atoms with van der Waals surface area (Å²) in [6.07, 6.45) is 2.58. The van der Waals surface area contributed by atoms with Gasteiger partial charge in [0.15, 0.2) is 0 Å². The zero-order valence-electron chi connectivity index (χ0n) is 6.79. The summed E-state index contributed by atoms with van der Waals surface area (Å²) in [4.78, 5) is 9.75. The molecule has 0 radical (unpaired) electrons. The van der Waals surface area contributed by atoms with Crippen molar-refractivity contribution < 1.29 is 14.3 Å². The van der Waals surface area contributed by atoms with Gasteiger partial charge in [0.1, 0.15) is 6.61 Å². The lowest BCUT2D eigenvalue weighted by Gasteiger charge is -2.09. The minimum Gasteiger partial charge on any atom is -0.465 e. The molecule has 0 rings (SSSR count). The summed E-state index contributed by atoms with van der Waals surface area (Å²) in [5, 5.41) is 0. The Labute approximate surface area is 67.0 Å². The number of carbonyl (C=O) groups is 1. The van der Waals surface area contributed by atoms with Gasteiger partial charge >= 0.3 is 0 Å². The number of hydrogen-bond donors (Lipinski definition) is 0. The van der Waals surface area contributed by atoms with E-state index >= 15 is 0 Å². The number of ether oxygens (including phenoxy) is 2. The Kier molecular flexibility index (Phi) is 6.73. The van der Waals surface area contributed by atoms with Crippen LogP contribution in [-0.2, 0) is 14.3 Å². The fraction of sp³-hybridized carbons (Fsp3) is 0.625. The lowest BCUT2D eigenvalue weighted by atomic mass is 10.4. The monoisotopic (exact) mass is 158 g/mol. The molecular weight excluding hydrogens is 144 g/mol. The predicted octanol–water partition coefficient (Wildman–Crippen LogP) is 1.14. The SMILES string of the molecule is C=CCCOC(C)COC=O. The van der Waals surface area contributed by atoms with Crippen LogP contribution in [0.5, 0.6) is 0 Å². The van der Waals surface area contributed by atoms with Crippen molar-refractivity contribution in [3.63, 3.8) is 0 Å². The Hall–Kier alpha value is -0.830. The lowest BCUT2D eigenvalue weighted by molar-refractivity contribution is -0.132. The normalized spacial score (nSPS) is 12.1. The molecule has 0 saturated heterocycles. The zero-order valence-corrected chi connectivity index (χ0v) is 6.79. The van der Waals surface area contributed by atoms with Crippen molar-refractivity contribution in [2.45, 2.75) is 19.4 Å². The molecule has 1 atom stereocenters.